The first-order chi connectivity index (χ1) is 16.7. The Balaban J connectivity index is 1.28. The summed E-state index contributed by atoms with van der Waals surface area (Å²) >= 11 is 0. The second-order valence-electron chi connectivity index (χ2n) is 9.25. The van der Waals surface area contributed by atoms with Gasteiger partial charge in [0.2, 0.25) is 0 Å². The van der Waals surface area contributed by atoms with Crippen LogP contribution in [0.5, 0.6) is 0 Å². The van der Waals surface area contributed by atoms with Crippen LogP contribution in [0.4, 0.5) is 4.79 Å². The summed E-state index contributed by atoms with van der Waals surface area (Å²) in [5.74, 6) is 1.05. The van der Waals surface area contributed by atoms with Crippen molar-refractivity contribution in [2.45, 2.75) is 77.4 Å². The van der Waals surface area contributed by atoms with E-state index in [1.54, 1.807) is 0 Å². The van der Waals surface area contributed by atoms with E-state index in [1.165, 1.54) is 30.5 Å². The van der Waals surface area contributed by atoms with Crippen LogP contribution in [0.2, 0.25) is 0 Å². The molecule has 34 heavy (non-hydrogen) atoms. The van der Waals surface area contributed by atoms with Crippen molar-refractivity contribution in [3.8, 4) is 22.5 Å². The van der Waals surface area contributed by atoms with Crippen LogP contribution >= 0.6 is 0 Å². The van der Waals surface area contributed by atoms with Crippen LogP contribution in [-0.2, 0) is 11.3 Å². The number of rotatable bonds is 10. The van der Waals surface area contributed by atoms with Crippen LogP contribution in [0.1, 0.15) is 63.6 Å². The Morgan fingerprint density at radius 1 is 0.912 bits per heavy atom. The molecule has 0 bridgehead atoms. The molecule has 4 rings (SSSR count). The Labute approximate surface area is 203 Å². The average molecular weight is 460 g/mol. The van der Waals surface area contributed by atoms with Gasteiger partial charge in [-0.1, -0.05) is 79.9 Å². The van der Waals surface area contributed by atoms with Gasteiger partial charge in [0, 0.05) is 24.2 Å². The number of hydrogen-bond acceptors (Lipinski definition) is 3. The van der Waals surface area contributed by atoms with E-state index in [2.05, 4.69) is 71.4 Å². The van der Waals surface area contributed by atoms with Gasteiger partial charge in [-0.2, -0.15) is 0 Å². The summed E-state index contributed by atoms with van der Waals surface area (Å²) in [4.78, 5) is 16.9. The van der Waals surface area contributed by atoms with Gasteiger partial charge in [-0.25, -0.2) is 9.78 Å². The Hall–Kier alpha value is -3.08. The second-order valence-corrected chi connectivity index (χ2v) is 9.25. The Bertz CT molecular complexity index is 1020. The minimum Gasteiger partial charge on any atom is -0.446 e. The number of nitrogens with zero attached hydrogens (tertiary/aromatic N) is 2. The Morgan fingerprint density at radius 2 is 1.56 bits per heavy atom. The fraction of sp³-hybridized carbons (Fsp3) is 0.448. The molecular formula is C29H37N3O2. The molecule has 5 nitrogen and oxygen atoms in total. The largest absolute Gasteiger partial charge is 0.446 e. The number of imidazole rings is 1. The first-order valence-electron chi connectivity index (χ1n) is 12.8. The van der Waals surface area contributed by atoms with Gasteiger partial charge in [-0.05, 0) is 45.4 Å². The van der Waals surface area contributed by atoms with Gasteiger partial charge in [-0.3, -0.25) is 0 Å². The number of unbranched alkanes of at least 4 members (excludes halogenated alkanes) is 3. The van der Waals surface area contributed by atoms with Crippen molar-refractivity contribution in [3.63, 3.8) is 0 Å². The van der Waals surface area contributed by atoms with Crippen molar-refractivity contribution < 1.29 is 9.53 Å². The SMILES string of the molecule is Cc1nc(-c2ccccc2)c(-c2ccccc2)n1CCCCCCNC(=O)OC1CCCCC1. The quantitative estimate of drug-likeness (QED) is 0.328. The van der Waals surface area contributed by atoms with E-state index in [0.29, 0.717) is 6.54 Å². The Morgan fingerprint density at radius 3 is 2.26 bits per heavy atom. The maximum absolute atomic E-state index is 12.0. The van der Waals surface area contributed by atoms with Gasteiger partial charge in [0.15, 0.2) is 0 Å². The van der Waals surface area contributed by atoms with Crippen LogP contribution in [0.3, 0.4) is 0 Å². The number of benzene rings is 2. The zero-order valence-corrected chi connectivity index (χ0v) is 20.3. The number of hydrogen-bond donors (Lipinski definition) is 1. The molecule has 1 aromatic heterocycles. The van der Waals surface area contributed by atoms with Crippen LogP contribution in [-0.4, -0.2) is 28.3 Å². The molecule has 1 N–H and O–H groups in total. The summed E-state index contributed by atoms with van der Waals surface area (Å²) in [5, 5.41) is 2.92. The van der Waals surface area contributed by atoms with E-state index in [9.17, 15) is 4.79 Å². The van der Waals surface area contributed by atoms with Crippen molar-refractivity contribution in [1.82, 2.24) is 14.9 Å². The molecule has 180 valence electrons. The molecule has 0 radical (unpaired) electrons. The van der Waals surface area contributed by atoms with Gasteiger partial charge in [0.25, 0.3) is 0 Å². The maximum Gasteiger partial charge on any atom is 0.407 e. The third-order valence-electron chi connectivity index (χ3n) is 6.66. The number of carbonyl (C=O) groups excluding carboxylic acids is 1. The lowest BCUT2D eigenvalue weighted by molar-refractivity contribution is 0.0753. The molecule has 1 heterocycles. The number of alkyl carbamates (subject to hydrolysis) is 1. The number of nitrogens with one attached hydrogen (secondary N) is 1. The number of aryl methyl sites for hydroxylation is 1. The molecule has 1 saturated carbocycles. The molecule has 5 heteroatoms. The van der Waals surface area contributed by atoms with Crippen molar-refractivity contribution >= 4 is 6.09 Å². The number of aromatic nitrogens is 2. The lowest BCUT2D eigenvalue weighted by Gasteiger charge is -2.21. The molecule has 1 aliphatic carbocycles. The van der Waals surface area contributed by atoms with E-state index in [4.69, 9.17) is 9.72 Å². The van der Waals surface area contributed by atoms with Gasteiger partial charge >= 0.3 is 6.09 Å². The van der Waals surface area contributed by atoms with E-state index in [0.717, 1.165) is 62.2 Å². The highest BCUT2D eigenvalue weighted by Crippen LogP contribution is 2.33. The van der Waals surface area contributed by atoms with Crippen LogP contribution < -0.4 is 5.32 Å². The summed E-state index contributed by atoms with van der Waals surface area (Å²) < 4.78 is 7.88. The predicted molar refractivity (Wildman–Crippen MR) is 138 cm³/mol. The van der Waals surface area contributed by atoms with E-state index < -0.39 is 0 Å². The topological polar surface area (TPSA) is 56.2 Å². The monoisotopic (exact) mass is 459 g/mol. The molecule has 0 aliphatic heterocycles. The van der Waals surface area contributed by atoms with Crippen molar-refractivity contribution in [2.24, 2.45) is 0 Å². The molecule has 3 aromatic rings. The summed E-state index contributed by atoms with van der Waals surface area (Å²) in [7, 11) is 0. The van der Waals surface area contributed by atoms with E-state index in [-0.39, 0.29) is 12.2 Å². The standard InChI is InChI=1S/C29H37N3O2/c1-23-31-27(24-15-7-4-8-16-24)28(25-17-9-5-10-18-25)32(23)22-14-3-2-13-21-30-29(33)34-26-19-11-6-12-20-26/h4-5,7-10,15-18,26H,2-3,6,11-14,19-22H2,1H3,(H,30,33). The third kappa shape index (κ3) is 6.49. The van der Waals surface area contributed by atoms with Crippen molar-refractivity contribution in [1.29, 1.82) is 0 Å². The fourth-order valence-electron chi connectivity index (χ4n) is 4.84. The maximum atomic E-state index is 12.0. The predicted octanol–water partition coefficient (Wildman–Crippen LogP) is 7.14. The zero-order valence-electron chi connectivity index (χ0n) is 20.3. The molecule has 1 aliphatic rings. The third-order valence-corrected chi connectivity index (χ3v) is 6.66. The molecule has 1 fully saturated rings. The lowest BCUT2D eigenvalue weighted by atomic mass is 9.98. The highest BCUT2D eigenvalue weighted by molar-refractivity contribution is 5.79. The normalized spacial score (nSPS) is 14.1. The summed E-state index contributed by atoms with van der Waals surface area (Å²) in [6.45, 7) is 3.72. The molecule has 0 spiro atoms. The fourth-order valence-corrected chi connectivity index (χ4v) is 4.84. The highest BCUT2D eigenvalue weighted by atomic mass is 16.6. The smallest absolute Gasteiger partial charge is 0.407 e. The van der Waals surface area contributed by atoms with Gasteiger partial charge < -0.3 is 14.6 Å². The minimum absolute atomic E-state index is 0.117. The molecule has 2 aromatic carbocycles. The first-order valence-corrected chi connectivity index (χ1v) is 12.8. The Kier molecular flexibility index (Phi) is 8.78. The molecule has 1 amide bonds. The molecule has 0 unspecified atom stereocenters. The highest BCUT2D eigenvalue weighted by Gasteiger charge is 2.18. The van der Waals surface area contributed by atoms with Gasteiger partial charge in [0.1, 0.15) is 11.9 Å². The number of amides is 1. The summed E-state index contributed by atoms with van der Waals surface area (Å²) in [5.41, 5.74) is 4.58. The number of ether oxygens (including phenoxy) is 1. The van der Waals surface area contributed by atoms with E-state index >= 15 is 0 Å². The minimum atomic E-state index is -0.248. The first kappa shape index (κ1) is 24.1. The van der Waals surface area contributed by atoms with Gasteiger partial charge in [-0.15, -0.1) is 0 Å². The van der Waals surface area contributed by atoms with Crippen LogP contribution in [0, 0.1) is 6.92 Å². The van der Waals surface area contributed by atoms with Crippen LogP contribution in [0.25, 0.3) is 22.5 Å². The number of carbonyl (C=O) groups is 1. The summed E-state index contributed by atoms with van der Waals surface area (Å²) in [6.07, 6.45) is 9.77. The van der Waals surface area contributed by atoms with Crippen LogP contribution in [0.15, 0.2) is 60.7 Å². The van der Waals surface area contributed by atoms with Crippen molar-refractivity contribution in [2.75, 3.05) is 6.54 Å². The van der Waals surface area contributed by atoms with Crippen molar-refractivity contribution in [3.05, 3.63) is 66.5 Å². The molecule has 0 saturated heterocycles. The molecular weight excluding hydrogens is 422 g/mol. The lowest BCUT2D eigenvalue weighted by Crippen LogP contribution is -2.30. The average Bonchev–Trinajstić information content (AvgIpc) is 3.21. The van der Waals surface area contributed by atoms with E-state index in [1.807, 2.05) is 6.07 Å². The zero-order chi connectivity index (χ0) is 23.6. The van der Waals surface area contributed by atoms with Gasteiger partial charge in [0.05, 0.1) is 11.4 Å². The summed E-state index contributed by atoms with van der Waals surface area (Å²) in [6, 6.07) is 21.0. The molecule has 0 atom stereocenters. The second kappa shape index (κ2) is 12.4.